The van der Waals surface area contributed by atoms with E-state index in [1.165, 1.54) is 6.20 Å². The average Bonchev–Trinajstić information content (AvgIpc) is 3.22. The molecule has 10 nitrogen and oxygen atoms in total. The topological polar surface area (TPSA) is 151 Å². The first kappa shape index (κ1) is 20.7. The van der Waals surface area contributed by atoms with E-state index in [9.17, 15) is 24.3 Å². The summed E-state index contributed by atoms with van der Waals surface area (Å²) < 4.78 is 1.10. The number of rotatable bonds is 7. The third-order valence-corrected chi connectivity index (χ3v) is 4.66. The molecular weight excluding hydrogens is 412 g/mol. The van der Waals surface area contributed by atoms with Crippen LogP contribution in [0.25, 0.3) is 0 Å². The Hall–Kier alpha value is -3.99. The fraction of sp³-hybridized carbons (Fsp3) is 0.105. The summed E-state index contributed by atoms with van der Waals surface area (Å²) in [6.45, 7) is -0.733. The quantitative estimate of drug-likeness (QED) is 0.440. The number of benzene rings is 1. The van der Waals surface area contributed by atoms with E-state index in [1.807, 2.05) is 5.32 Å². The van der Waals surface area contributed by atoms with Crippen molar-refractivity contribution in [1.29, 1.82) is 0 Å². The van der Waals surface area contributed by atoms with Gasteiger partial charge < -0.3 is 20.1 Å². The van der Waals surface area contributed by atoms with E-state index >= 15 is 0 Å². The Kier molecular flexibility index (Phi) is 6.23. The maximum absolute atomic E-state index is 12.8. The van der Waals surface area contributed by atoms with Gasteiger partial charge in [0.15, 0.2) is 5.13 Å². The normalized spacial score (nSPS) is 10.4. The molecule has 0 aliphatic rings. The van der Waals surface area contributed by atoms with Crippen LogP contribution in [0, 0.1) is 0 Å². The van der Waals surface area contributed by atoms with Crippen LogP contribution in [0.5, 0.6) is 5.75 Å². The summed E-state index contributed by atoms with van der Waals surface area (Å²) >= 11 is 1.15. The molecule has 0 atom stereocenters. The van der Waals surface area contributed by atoms with Crippen LogP contribution in [0.15, 0.2) is 52.9 Å². The molecule has 0 radical (unpaired) electrons. The van der Waals surface area contributed by atoms with Crippen LogP contribution in [0.2, 0.25) is 0 Å². The largest absolute Gasteiger partial charge is 0.506 e. The lowest BCUT2D eigenvalue weighted by atomic mass is 10.1. The molecule has 0 aliphatic carbocycles. The smallest absolute Gasteiger partial charge is 0.322 e. The molecule has 0 aliphatic heterocycles. The molecule has 3 aromatic rings. The Morgan fingerprint density at radius 1 is 1.13 bits per heavy atom. The van der Waals surface area contributed by atoms with Crippen LogP contribution >= 0.6 is 11.3 Å². The van der Waals surface area contributed by atoms with Gasteiger partial charge in [0.2, 0.25) is 0 Å². The predicted octanol–water partition coefficient (Wildman–Crippen LogP) is 1.13. The van der Waals surface area contributed by atoms with Gasteiger partial charge in [0.1, 0.15) is 17.9 Å². The van der Waals surface area contributed by atoms with E-state index in [0.29, 0.717) is 5.56 Å². The second kappa shape index (κ2) is 9.01. The van der Waals surface area contributed by atoms with Crippen molar-refractivity contribution in [2.75, 3.05) is 11.9 Å². The number of hydrogen-bond donors (Lipinski definition) is 4. The molecular formula is C19H16N4O6S. The summed E-state index contributed by atoms with van der Waals surface area (Å²) in [5.41, 5.74) is -1.21. The van der Waals surface area contributed by atoms with Gasteiger partial charge in [-0.3, -0.25) is 24.5 Å². The monoisotopic (exact) mass is 428 g/mol. The van der Waals surface area contributed by atoms with Crippen molar-refractivity contribution in [3.63, 3.8) is 0 Å². The summed E-state index contributed by atoms with van der Waals surface area (Å²) in [5, 5.41) is 25.6. The van der Waals surface area contributed by atoms with Crippen molar-refractivity contribution in [2.45, 2.75) is 6.54 Å². The molecule has 11 heteroatoms. The minimum atomic E-state index is -1.33. The summed E-state index contributed by atoms with van der Waals surface area (Å²) in [6.07, 6.45) is 2.61. The van der Waals surface area contributed by atoms with Gasteiger partial charge in [-0.1, -0.05) is 30.3 Å². The van der Waals surface area contributed by atoms with Gasteiger partial charge in [-0.15, -0.1) is 11.3 Å². The van der Waals surface area contributed by atoms with Crippen molar-refractivity contribution in [2.24, 2.45) is 0 Å². The first-order valence-corrected chi connectivity index (χ1v) is 9.46. The molecule has 0 unspecified atom stereocenters. The highest BCUT2D eigenvalue weighted by atomic mass is 32.1. The first-order chi connectivity index (χ1) is 14.4. The van der Waals surface area contributed by atoms with Crippen LogP contribution in [0.1, 0.15) is 26.3 Å². The summed E-state index contributed by atoms with van der Waals surface area (Å²) in [6, 6.07) is 8.81. The third-order valence-electron chi connectivity index (χ3n) is 3.97. The van der Waals surface area contributed by atoms with E-state index < -0.39 is 41.2 Å². The Balaban J connectivity index is 2.06. The highest BCUT2D eigenvalue weighted by molar-refractivity contribution is 7.13. The Morgan fingerprint density at radius 3 is 2.50 bits per heavy atom. The van der Waals surface area contributed by atoms with E-state index in [0.717, 1.165) is 22.1 Å². The maximum Gasteiger partial charge on any atom is 0.322 e. The number of nitrogens with zero attached hydrogens (tertiary/aromatic N) is 2. The van der Waals surface area contributed by atoms with Crippen molar-refractivity contribution >= 4 is 34.3 Å². The lowest BCUT2D eigenvalue weighted by Crippen LogP contribution is -2.36. The molecule has 2 aromatic heterocycles. The molecule has 3 rings (SSSR count). The van der Waals surface area contributed by atoms with Gasteiger partial charge in [0.05, 0.1) is 12.1 Å². The number of pyridine rings is 1. The molecule has 0 saturated carbocycles. The number of carbonyl (C=O) groups excluding carboxylic acids is 2. The number of anilines is 1. The van der Waals surface area contributed by atoms with Gasteiger partial charge in [-0.25, -0.2) is 4.98 Å². The van der Waals surface area contributed by atoms with Crippen molar-refractivity contribution < 1.29 is 24.6 Å². The number of carboxylic acid groups (broad SMARTS) is 1. The van der Waals surface area contributed by atoms with Crippen LogP contribution in [0.3, 0.4) is 0 Å². The zero-order chi connectivity index (χ0) is 21.7. The Labute approximate surface area is 173 Å². The van der Waals surface area contributed by atoms with Crippen LogP contribution in [-0.2, 0) is 11.3 Å². The maximum atomic E-state index is 12.8. The second-order valence-corrected chi connectivity index (χ2v) is 6.95. The minimum Gasteiger partial charge on any atom is -0.506 e. The standard InChI is InChI=1S/C19H16N4O6S/c24-13(25)8-21-17(28)14-15(26)12(16(27)22-19-20-6-7-30-19)10-23(18(14)29)9-11-4-2-1-3-5-11/h1-7,10,26H,8-9H2,(H,21,28)(H,24,25)(H,20,22,27). The van der Waals surface area contributed by atoms with Crippen LogP contribution < -0.4 is 16.2 Å². The first-order valence-electron chi connectivity index (χ1n) is 8.58. The van der Waals surface area contributed by atoms with Gasteiger partial charge in [-0.2, -0.15) is 0 Å². The second-order valence-electron chi connectivity index (χ2n) is 6.05. The third kappa shape index (κ3) is 4.70. The molecule has 2 heterocycles. The molecule has 1 aromatic carbocycles. The van der Waals surface area contributed by atoms with E-state index in [1.54, 1.807) is 35.7 Å². The number of carbonyl (C=O) groups is 3. The highest BCUT2D eigenvalue weighted by Gasteiger charge is 2.25. The zero-order valence-corrected chi connectivity index (χ0v) is 16.2. The molecule has 0 spiro atoms. The van der Waals surface area contributed by atoms with Crippen molar-refractivity contribution in [3.05, 3.63) is 75.1 Å². The fourth-order valence-electron chi connectivity index (χ4n) is 2.62. The van der Waals surface area contributed by atoms with Crippen molar-refractivity contribution in [3.8, 4) is 5.75 Å². The summed E-state index contributed by atoms with van der Waals surface area (Å²) in [5.74, 6) is -4.06. The molecule has 154 valence electrons. The summed E-state index contributed by atoms with van der Waals surface area (Å²) in [4.78, 5) is 52.5. The Morgan fingerprint density at radius 2 is 1.87 bits per heavy atom. The lowest BCUT2D eigenvalue weighted by molar-refractivity contribution is -0.135. The van der Waals surface area contributed by atoms with E-state index in [2.05, 4.69) is 10.3 Å². The Bertz CT molecular complexity index is 1140. The molecule has 2 amide bonds. The molecule has 4 N–H and O–H groups in total. The fourth-order valence-corrected chi connectivity index (χ4v) is 3.14. The van der Waals surface area contributed by atoms with Gasteiger partial charge in [0, 0.05) is 17.8 Å². The number of amides is 2. The SMILES string of the molecule is O=C(O)CNC(=O)c1c(O)c(C(=O)Nc2nccs2)cn(Cc2ccccc2)c1=O. The number of aliphatic carboxylic acids is 1. The lowest BCUT2D eigenvalue weighted by Gasteiger charge is -2.14. The van der Waals surface area contributed by atoms with Gasteiger partial charge >= 0.3 is 5.97 Å². The predicted molar refractivity (Wildman–Crippen MR) is 108 cm³/mol. The number of carboxylic acids is 1. The van der Waals surface area contributed by atoms with Gasteiger partial charge in [-0.05, 0) is 5.56 Å². The average molecular weight is 428 g/mol. The number of aromatic nitrogens is 2. The van der Waals surface area contributed by atoms with Crippen LogP contribution in [0.4, 0.5) is 5.13 Å². The number of nitrogens with one attached hydrogen (secondary N) is 2. The van der Waals surface area contributed by atoms with Crippen molar-refractivity contribution in [1.82, 2.24) is 14.9 Å². The van der Waals surface area contributed by atoms with Crippen LogP contribution in [-0.4, -0.2) is 44.1 Å². The van der Waals surface area contributed by atoms with E-state index in [-0.39, 0.29) is 17.2 Å². The summed E-state index contributed by atoms with van der Waals surface area (Å²) in [7, 11) is 0. The molecule has 30 heavy (non-hydrogen) atoms. The van der Waals surface area contributed by atoms with Gasteiger partial charge in [0.25, 0.3) is 17.4 Å². The molecule has 0 fully saturated rings. The number of aromatic hydroxyl groups is 1. The van der Waals surface area contributed by atoms with E-state index in [4.69, 9.17) is 5.11 Å². The zero-order valence-electron chi connectivity index (χ0n) is 15.4. The number of hydrogen-bond acceptors (Lipinski definition) is 7. The molecule has 0 bridgehead atoms. The number of thiazole rings is 1. The minimum absolute atomic E-state index is 0.0245. The highest BCUT2D eigenvalue weighted by Crippen LogP contribution is 2.22. The molecule has 0 saturated heterocycles.